The first-order valence-electron chi connectivity index (χ1n) is 7.22. The fourth-order valence-corrected chi connectivity index (χ4v) is 4.08. The van der Waals surface area contributed by atoms with Crippen molar-refractivity contribution in [3.05, 3.63) is 56.9 Å². The Morgan fingerprint density at radius 2 is 1.67 bits per heavy atom. The molecule has 2 atom stereocenters. The van der Waals surface area contributed by atoms with Crippen molar-refractivity contribution >= 4 is 28.6 Å². The van der Waals surface area contributed by atoms with Crippen LogP contribution in [0.3, 0.4) is 0 Å². The largest absolute Gasteiger partial charge is 0.459 e. The normalized spacial score (nSPS) is 21.4. The maximum absolute atomic E-state index is 11.5. The van der Waals surface area contributed by atoms with Crippen LogP contribution in [0.1, 0.15) is 24.0 Å². The standard InChI is InChI=1S/C17H18O2S2/c18-17-6-4-15(3-1-13-7-9-20-11-13)16(19-17)5-2-14-8-10-21-12-14/h4,6-12,15-16H,1-3,5H2. The van der Waals surface area contributed by atoms with E-state index in [1.807, 2.05) is 6.08 Å². The number of ether oxygens (including phenoxy) is 1. The summed E-state index contributed by atoms with van der Waals surface area (Å²) < 4.78 is 5.55. The van der Waals surface area contributed by atoms with Crippen LogP contribution in [0.5, 0.6) is 0 Å². The van der Waals surface area contributed by atoms with E-state index in [9.17, 15) is 4.79 Å². The van der Waals surface area contributed by atoms with Gasteiger partial charge in [0.1, 0.15) is 6.10 Å². The first kappa shape index (κ1) is 14.5. The molecule has 0 bridgehead atoms. The van der Waals surface area contributed by atoms with Gasteiger partial charge in [0.2, 0.25) is 0 Å². The van der Waals surface area contributed by atoms with Crippen molar-refractivity contribution in [1.82, 2.24) is 0 Å². The molecule has 3 rings (SSSR count). The van der Waals surface area contributed by atoms with Crippen LogP contribution in [0.15, 0.2) is 45.8 Å². The van der Waals surface area contributed by atoms with Crippen molar-refractivity contribution < 1.29 is 9.53 Å². The lowest BCUT2D eigenvalue weighted by Gasteiger charge is -2.27. The molecule has 0 aromatic carbocycles. The van der Waals surface area contributed by atoms with Gasteiger partial charge in [0.25, 0.3) is 0 Å². The van der Waals surface area contributed by atoms with Gasteiger partial charge >= 0.3 is 5.97 Å². The van der Waals surface area contributed by atoms with E-state index in [0.29, 0.717) is 5.92 Å². The van der Waals surface area contributed by atoms with Crippen LogP contribution in [0, 0.1) is 5.92 Å². The molecule has 2 nitrogen and oxygen atoms in total. The van der Waals surface area contributed by atoms with Gasteiger partial charge in [-0.2, -0.15) is 22.7 Å². The number of carbonyl (C=O) groups is 1. The topological polar surface area (TPSA) is 26.3 Å². The molecule has 0 N–H and O–H groups in total. The van der Waals surface area contributed by atoms with E-state index in [1.165, 1.54) is 11.1 Å². The molecular formula is C17H18O2S2. The van der Waals surface area contributed by atoms with E-state index in [-0.39, 0.29) is 12.1 Å². The Balaban J connectivity index is 1.58. The molecule has 2 aromatic heterocycles. The molecule has 110 valence electrons. The second-order valence-corrected chi connectivity index (χ2v) is 6.90. The number of hydrogen-bond donors (Lipinski definition) is 0. The molecule has 0 amide bonds. The van der Waals surface area contributed by atoms with Gasteiger partial charge in [0.15, 0.2) is 0 Å². The Labute approximate surface area is 133 Å². The smallest absolute Gasteiger partial charge is 0.330 e. The maximum Gasteiger partial charge on any atom is 0.330 e. The van der Waals surface area contributed by atoms with Crippen LogP contribution in [0.4, 0.5) is 0 Å². The zero-order valence-electron chi connectivity index (χ0n) is 11.7. The third-order valence-electron chi connectivity index (χ3n) is 3.87. The summed E-state index contributed by atoms with van der Waals surface area (Å²) in [4.78, 5) is 11.5. The summed E-state index contributed by atoms with van der Waals surface area (Å²) in [5, 5.41) is 8.57. The molecule has 0 spiro atoms. The lowest BCUT2D eigenvalue weighted by molar-refractivity contribution is -0.147. The predicted molar refractivity (Wildman–Crippen MR) is 87.8 cm³/mol. The Kier molecular flexibility index (Phi) is 4.88. The molecule has 0 saturated heterocycles. The molecule has 0 fully saturated rings. The summed E-state index contributed by atoms with van der Waals surface area (Å²) in [7, 11) is 0. The van der Waals surface area contributed by atoms with Gasteiger partial charge in [0, 0.05) is 12.0 Å². The van der Waals surface area contributed by atoms with Crippen molar-refractivity contribution in [1.29, 1.82) is 0 Å². The van der Waals surface area contributed by atoms with Gasteiger partial charge in [-0.25, -0.2) is 4.79 Å². The predicted octanol–water partition coefficient (Wildman–Crippen LogP) is 4.47. The summed E-state index contributed by atoms with van der Waals surface area (Å²) in [5.41, 5.74) is 2.71. The van der Waals surface area contributed by atoms with Crippen molar-refractivity contribution in [2.45, 2.75) is 31.8 Å². The third-order valence-corrected chi connectivity index (χ3v) is 5.33. The molecule has 0 saturated carbocycles. The van der Waals surface area contributed by atoms with Crippen LogP contribution in [-0.4, -0.2) is 12.1 Å². The van der Waals surface area contributed by atoms with Crippen LogP contribution in [0.25, 0.3) is 0 Å². The Bertz CT molecular complexity index is 584. The Morgan fingerprint density at radius 1 is 1.00 bits per heavy atom. The van der Waals surface area contributed by atoms with E-state index in [4.69, 9.17) is 4.74 Å². The fraction of sp³-hybridized carbons (Fsp3) is 0.353. The Morgan fingerprint density at radius 3 is 2.29 bits per heavy atom. The average molecular weight is 318 g/mol. The molecule has 21 heavy (non-hydrogen) atoms. The van der Waals surface area contributed by atoms with E-state index >= 15 is 0 Å². The SMILES string of the molecule is O=C1C=CC(CCc2ccsc2)C(CCc2ccsc2)O1. The number of thiophene rings is 2. The summed E-state index contributed by atoms with van der Waals surface area (Å²) in [6.07, 6.45) is 7.60. The van der Waals surface area contributed by atoms with E-state index in [1.54, 1.807) is 28.7 Å². The molecule has 0 radical (unpaired) electrons. The highest BCUT2D eigenvalue weighted by atomic mass is 32.1. The number of rotatable bonds is 6. The lowest BCUT2D eigenvalue weighted by atomic mass is 9.90. The molecule has 1 aliphatic heterocycles. The van der Waals surface area contributed by atoms with Crippen molar-refractivity contribution in [3.63, 3.8) is 0 Å². The molecule has 2 aromatic rings. The summed E-state index contributed by atoms with van der Waals surface area (Å²) in [5.74, 6) is 0.137. The summed E-state index contributed by atoms with van der Waals surface area (Å²) in [6.45, 7) is 0. The number of aryl methyl sites for hydroxylation is 2. The maximum atomic E-state index is 11.5. The number of esters is 1. The monoisotopic (exact) mass is 318 g/mol. The minimum Gasteiger partial charge on any atom is -0.459 e. The van der Waals surface area contributed by atoms with Crippen molar-refractivity contribution in [3.8, 4) is 0 Å². The van der Waals surface area contributed by atoms with Crippen LogP contribution >= 0.6 is 22.7 Å². The van der Waals surface area contributed by atoms with Crippen LogP contribution in [-0.2, 0) is 22.4 Å². The van der Waals surface area contributed by atoms with Gasteiger partial charge in [-0.15, -0.1) is 0 Å². The zero-order chi connectivity index (χ0) is 14.5. The quantitative estimate of drug-likeness (QED) is 0.734. The molecule has 0 aliphatic carbocycles. The van der Waals surface area contributed by atoms with E-state index in [2.05, 4.69) is 33.7 Å². The zero-order valence-corrected chi connectivity index (χ0v) is 13.4. The van der Waals surface area contributed by atoms with Gasteiger partial charge < -0.3 is 4.74 Å². The minimum atomic E-state index is -0.197. The number of hydrogen-bond acceptors (Lipinski definition) is 4. The van der Waals surface area contributed by atoms with Crippen molar-refractivity contribution in [2.75, 3.05) is 0 Å². The first-order chi connectivity index (χ1) is 10.3. The molecule has 3 heterocycles. The number of cyclic esters (lactones) is 1. The highest BCUT2D eigenvalue weighted by Crippen LogP contribution is 2.26. The van der Waals surface area contributed by atoms with E-state index in [0.717, 1.165) is 25.7 Å². The highest BCUT2D eigenvalue weighted by Gasteiger charge is 2.26. The van der Waals surface area contributed by atoms with Gasteiger partial charge in [-0.3, -0.25) is 0 Å². The van der Waals surface area contributed by atoms with Crippen LogP contribution < -0.4 is 0 Å². The second-order valence-electron chi connectivity index (χ2n) is 5.34. The average Bonchev–Trinajstić information content (AvgIpc) is 3.17. The number of carbonyl (C=O) groups excluding carboxylic acids is 1. The second kappa shape index (κ2) is 7.05. The molecular weight excluding hydrogens is 300 g/mol. The highest BCUT2D eigenvalue weighted by molar-refractivity contribution is 7.08. The van der Waals surface area contributed by atoms with E-state index < -0.39 is 0 Å². The van der Waals surface area contributed by atoms with Gasteiger partial charge in [-0.05, 0) is 70.5 Å². The third kappa shape index (κ3) is 4.05. The summed E-state index contributed by atoms with van der Waals surface area (Å²) in [6, 6.07) is 4.31. The molecule has 2 unspecified atom stereocenters. The first-order valence-corrected chi connectivity index (χ1v) is 9.11. The van der Waals surface area contributed by atoms with Gasteiger partial charge in [0.05, 0.1) is 0 Å². The lowest BCUT2D eigenvalue weighted by Crippen LogP contribution is -2.30. The van der Waals surface area contributed by atoms with Gasteiger partial charge in [-0.1, -0.05) is 6.08 Å². The minimum absolute atomic E-state index is 0.0148. The fourth-order valence-electron chi connectivity index (χ4n) is 2.67. The van der Waals surface area contributed by atoms with Crippen LogP contribution in [0.2, 0.25) is 0 Å². The van der Waals surface area contributed by atoms with Crippen molar-refractivity contribution in [2.24, 2.45) is 5.92 Å². The summed E-state index contributed by atoms with van der Waals surface area (Å²) >= 11 is 3.45. The molecule has 4 heteroatoms. The Hall–Kier alpha value is -1.39. The molecule has 1 aliphatic rings.